The van der Waals surface area contributed by atoms with Crippen LogP contribution in [0.3, 0.4) is 0 Å². The summed E-state index contributed by atoms with van der Waals surface area (Å²) < 4.78 is 2.44. The molecule has 1 nitrogen and oxygen atoms in total. The fourth-order valence-electron chi connectivity index (χ4n) is 5.72. The topological polar surface area (TPSA) is 4.41 Å². The average Bonchev–Trinajstić information content (AvgIpc) is 3.36. The van der Waals surface area contributed by atoms with Crippen molar-refractivity contribution in [2.75, 3.05) is 0 Å². The van der Waals surface area contributed by atoms with Crippen molar-refractivity contribution in [3.63, 3.8) is 0 Å². The Morgan fingerprint density at radius 3 is 2.00 bits per heavy atom. The van der Waals surface area contributed by atoms with Gasteiger partial charge in [-0.25, -0.2) is 0 Å². The lowest BCUT2D eigenvalue weighted by Gasteiger charge is -2.15. The summed E-state index contributed by atoms with van der Waals surface area (Å²) in [7, 11) is 0. The standard InChI is InChI=1S/C32H23N/c1-20-9-3-4-11-23(20)31-21(2)10-7-13-24(31)22-17-18-30-28(19-22)27-15-8-14-26-25-12-5-6-16-29(25)33(30)32(26)27/h3-19H,1-2H3. The molecule has 0 fully saturated rings. The number of aromatic nitrogens is 1. The second-order valence-electron chi connectivity index (χ2n) is 9.10. The molecule has 7 aromatic rings. The second-order valence-corrected chi connectivity index (χ2v) is 9.10. The molecule has 33 heavy (non-hydrogen) atoms. The van der Waals surface area contributed by atoms with Gasteiger partial charge in [0.05, 0.1) is 16.6 Å². The van der Waals surface area contributed by atoms with Crippen LogP contribution in [0.1, 0.15) is 11.1 Å². The first-order chi connectivity index (χ1) is 16.2. The number of nitrogens with zero attached hydrogens (tertiary/aromatic N) is 1. The predicted molar refractivity (Wildman–Crippen MR) is 141 cm³/mol. The van der Waals surface area contributed by atoms with Crippen molar-refractivity contribution < 1.29 is 0 Å². The highest BCUT2D eigenvalue weighted by Crippen LogP contribution is 2.42. The molecule has 0 atom stereocenters. The Balaban J connectivity index is 1.57. The van der Waals surface area contributed by atoms with Crippen molar-refractivity contribution in [3.8, 4) is 22.3 Å². The monoisotopic (exact) mass is 421 g/mol. The number of aryl methyl sites for hydroxylation is 2. The first-order valence-corrected chi connectivity index (χ1v) is 11.6. The minimum Gasteiger partial charge on any atom is -0.308 e. The number of benzene rings is 5. The molecule has 0 saturated carbocycles. The number of fused-ring (bicyclic) bond motifs is 6. The second kappa shape index (κ2) is 6.70. The van der Waals surface area contributed by atoms with Crippen LogP contribution in [0.25, 0.3) is 60.3 Å². The SMILES string of the molecule is Cc1ccccc1-c1c(C)cccc1-c1ccc2c(c1)c1cccc3c4ccccc4n2c31. The molecule has 0 saturated heterocycles. The molecule has 2 heterocycles. The summed E-state index contributed by atoms with van der Waals surface area (Å²) in [6, 6.07) is 37.8. The third kappa shape index (κ3) is 2.48. The largest absolute Gasteiger partial charge is 0.308 e. The molecule has 2 aromatic heterocycles. The molecule has 0 aliphatic rings. The molecule has 0 radical (unpaired) electrons. The van der Waals surface area contributed by atoms with Gasteiger partial charge in [0.2, 0.25) is 0 Å². The molecule has 0 aliphatic carbocycles. The predicted octanol–water partition coefficient (Wildman–Crippen LogP) is 8.79. The van der Waals surface area contributed by atoms with E-state index >= 15 is 0 Å². The van der Waals surface area contributed by atoms with Gasteiger partial charge >= 0.3 is 0 Å². The van der Waals surface area contributed by atoms with E-state index in [1.807, 2.05) is 0 Å². The van der Waals surface area contributed by atoms with Crippen LogP contribution >= 0.6 is 0 Å². The van der Waals surface area contributed by atoms with E-state index in [9.17, 15) is 0 Å². The molecule has 1 heteroatoms. The van der Waals surface area contributed by atoms with Crippen LogP contribution in [0.15, 0.2) is 103 Å². The molecular weight excluding hydrogens is 398 g/mol. The zero-order valence-corrected chi connectivity index (χ0v) is 18.8. The Morgan fingerprint density at radius 1 is 0.485 bits per heavy atom. The minimum absolute atomic E-state index is 1.27. The lowest BCUT2D eigenvalue weighted by atomic mass is 9.88. The average molecular weight is 422 g/mol. The molecule has 7 rings (SSSR count). The Bertz CT molecular complexity index is 1830. The van der Waals surface area contributed by atoms with E-state index in [0.717, 1.165) is 0 Å². The zero-order valence-electron chi connectivity index (χ0n) is 18.8. The van der Waals surface area contributed by atoms with Crippen molar-refractivity contribution in [2.24, 2.45) is 0 Å². The van der Waals surface area contributed by atoms with E-state index in [1.165, 1.54) is 71.5 Å². The fourth-order valence-corrected chi connectivity index (χ4v) is 5.72. The van der Waals surface area contributed by atoms with E-state index in [4.69, 9.17) is 0 Å². The molecule has 156 valence electrons. The molecule has 0 aliphatic heterocycles. The van der Waals surface area contributed by atoms with Gasteiger partial charge in [-0.3, -0.25) is 0 Å². The summed E-state index contributed by atoms with van der Waals surface area (Å²) in [5.41, 5.74) is 11.7. The van der Waals surface area contributed by atoms with Crippen LogP contribution in [0.5, 0.6) is 0 Å². The minimum atomic E-state index is 1.27. The summed E-state index contributed by atoms with van der Waals surface area (Å²) in [6.45, 7) is 4.42. The molecule has 0 N–H and O–H groups in total. The van der Waals surface area contributed by atoms with Crippen molar-refractivity contribution in [1.82, 2.24) is 4.40 Å². The van der Waals surface area contributed by atoms with Crippen LogP contribution in [0.2, 0.25) is 0 Å². The van der Waals surface area contributed by atoms with Crippen molar-refractivity contribution in [2.45, 2.75) is 13.8 Å². The fraction of sp³-hybridized carbons (Fsp3) is 0.0625. The molecule has 0 spiro atoms. The van der Waals surface area contributed by atoms with Gasteiger partial charge < -0.3 is 4.40 Å². The van der Waals surface area contributed by atoms with Crippen LogP contribution in [-0.2, 0) is 0 Å². The van der Waals surface area contributed by atoms with Gasteiger partial charge in [0.1, 0.15) is 0 Å². The number of hydrogen-bond donors (Lipinski definition) is 0. The Morgan fingerprint density at radius 2 is 1.12 bits per heavy atom. The van der Waals surface area contributed by atoms with Crippen LogP contribution in [0.4, 0.5) is 0 Å². The van der Waals surface area contributed by atoms with Crippen LogP contribution in [-0.4, -0.2) is 4.40 Å². The van der Waals surface area contributed by atoms with Crippen molar-refractivity contribution >= 4 is 38.1 Å². The van der Waals surface area contributed by atoms with E-state index in [-0.39, 0.29) is 0 Å². The van der Waals surface area contributed by atoms with E-state index in [0.29, 0.717) is 0 Å². The van der Waals surface area contributed by atoms with E-state index < -0.39 is 0 Å². The summed E-state index contributed by atoms with van der Waals surface area (Å²) in [4.78, 5) is 0. The molecular formula is C32H23N. The van der Waals surface area contributed by atoms with Gasteiger partial charge in [-0.2, -0.15) is 0 Å². The first-order valence-electron chi connectivity index (χ1n) is 11.6. The molecule has 5 aromatic carbocycles. The highest BCUT2D eigenvalue weighted by molar-refractivity contribution is 6.23. The van der Waals surface area contributed by atoms with Gasteiger partial charge in [-0.15, -0.1) is 0 Å². The smallest absolute Gasteiger partial charge is 0.0620 e. The Hall–Kier alpha value is -4.10. The zero-order chi connectivity index (χ0) is 22.1. The van der Waals surface area contributed by atoms with Gasteiger partial charge in [0.15, 0.2) is 0 Å². The van der Waals surface area contributed by atoms with Gasteiger partial charge in [0.25, 0.3) is 0 Å². The number of hydrogen-bond acceptors (Lipinski definition) is 0. The van der Waals surface area contributed by atoms with Gasteiger partial charge in [0, 0.05) is 21.5 Å². The highest BCUT2D eigenvalue weighted by atomic mass is 14.9. The maximum atomic E-state index is 2.44. The first kappa shape index (κ1) is 18.5. The lowest BCUT2D eigenvalue weighted by molar-refractivity contribution is 1.37. The number of para-hydroxylation sites is 2. The highest BCUT2D eigenvalue weighted by Gasteiger charge is 2.18. The molecule has 0 unspecified atom stereocenters. The normalized spacial score (nSPS) is 11.9. The van der Waals surface area contributed by atoms with E-state index in [2.05, 4.69) is 121 Å². The van der Waals surface area contributed by atoms with E-state index in [1.54, 1.807) is 0 Å². The summed E-state index contributed by atoms with van der Waals surface area (Å²) in [5.74, 6) is 0. The lowest BCUT2D eigenvalue weighted by Crippen LogP contribution is -1.91. The van der Waals surface area contributed by atoms with Gasteiger partial charge in [-0.05, 0) is 65.4 Å². The quantitative estimate of drug-likeness (QED) is 0.263. The Labute approximate surface area is 192 Å². The Kier molecular flexibility index (Phi) is 3.75. The van der Waals surface area contributed by atoms with Crippen molar-refractivity contribution in [1.29, 1.82) is 0 Å². The third-order valence-corrected chi connectivity index (χ3v) is 7.22. The number of rotatable bonds is 2. The maximum Gasteiger partial charge on any atom is 0.0620 e. The van der Waals surface area contributed by atoms with Gasteiger partial charge in [-0.1, -0.05) is 84.9 Å². The van der Waals surface area contributed by atoms with Crippen LogP contribution < -0.4 is 0 Å². The summed E-state index contributed by atoms with van der Waals surface area (Å²) >= 11 is 0. The van der Waals surface area contributed by atoms with Crippen molar-refractivity contribution in [3.05, 3.63) is 114 Å². The molecule has 0 bridgehead atoms. The third-order valence-electron chi connectivity index (χ3n) is 7.22. The van der Waals surface area contributed by atoms with Crippen LogP contribution in [0, 0.1) is 13.8 Å². The maximum absolute atomic E-state index is 2.44. The molecule has 0 amide bonds. The summed E-state index contributed by atoms with van der Waals surface area (Å²) in [6.07, 6.45) is 0. The summed E-state index contributed by atoms with van der Waals surface area (Å²) in [5, 5.41) is 5.29.